The Morgan fingerprint density at radius 1 is 1.33 bits per heavy atom. The van der Waals surface area contributed by atoms with Crippen molar-refractivity contribution < 1.29 is 4.39 Å². The summed E-state index contributed by atoms with van der Waals surface area (Å²) >= 11 is 1.44. The topological polar surface area (TPSA) is 29.0 Å². The number of hydrogen-bond donors (Lipinski definition) is 0. The monoisotopic (exact) mass is 263 g/mol. The minimum atomic E-state index is -0.201. The summed E-state index contributed by atoms with van der Waals surface area (Å²) in [4.78, 5) is 6.60. The molecule has 5 heteroatoms. The molecule has 0 aliphatic heterocycles. The molecular weight excluding hydrogens is 249 g/mol. The summed E-state index contributed by atoms with van der Waals surface area (Å²) in [6.07, 6.45) is 2.44. The fourth-order valence-electron chi connectivity index (χ4n) is 1.82. The molecule has 1 fully saturated rings. The number of halogens is 1. The summed E-state index contributed by atoms with van der Waals surface area (Å²) in [5.74, 6) is 1.38. The van der Waals surface area contributed by atoms with Gasteiger partial charge in [0.15, 0.2) is 0 Å². The van der Waals surface area contributed by atoms with Crippen LogP contribution >= 0.6 is 11.5 Å². The second-order valence-corrected chi connectivity index (χ2v) is 5.42. The van der Waals surface area contributed by atoms with Crippen LogP contribution in [0.5, 0.6) is 0 Å². The van der Waals surface area contributed by atoms with E-state index in [0.29, 0.717) is 5.92 Å². The summed E-state index contributed by atoms with van der Waals surface area (Å²) in [7, 11) is 1.99. The molecule has 1 aliphatic rings. The predicted octanol–water partition coefficient (Wildman–Crippen LogP) is 3.19. The predicted molar refractivity (Wildman–Crippen MR) is 70.4 cm³/mol. The van der Waals surface area contributed by atoms with Crippen LogP contribution in [0.15, 0.2) is 24.3 Å². The van der Waals surface area contributed by atoms with Gasteiger partial charge in [-0.3, -0.25) is 0 Å². The Bertz CT molecular complexity index is 533. The number of rotatable bonds is 4. The van der Waals surface area contributed by atoms with Gasteiger partial charge in [0.1, 0.15) is 11.6 Å². The largest absolute Gasteiger partial charge is 0.346 e. The zero-order chi connectivity index (χ0) is 12.5. The highest BCUT2D eigenvalue weighted by Gasteiger charge is 2.28. The minimum Gasteiger partial charge on any atom is -0.346 e. The van der Waals surface area contributed by atoms with Crippen molar-refractivity contribution in [3.63, 3.8) is 0 Å². The van der Waals surface area contributed by atoms with E-state index in [1.165, 1.54) is 36.5 Å². The molecule has 1 aliphatic carbocycles. The Labute approximate surface area is 109 Å². The molecule has 3 rings (SSSR count). The van der Waals surface area contributed by atoms with Crippen molar-refractivity contribution in [2.45, 2.75) is 25.3 Å². The molecule has 94 valence electrons. The van der Waals surface area contributed by atoms with Gasteiger partial charge >= 0.3 is 0 Å². The Hall–Kier alpha value is -1.49. The molecule has 1 aromatic heterocycles. The number of hydrogen-bond acceptors (Lipinski definition) is 4. The van der Waals surface area contributed by atoms with Crippen molar-refractivity contribution in [1.29, 1.82) is 0 Å². The number of aromatic nitrogens is 2. The molecule has 1 heterocycles. The normalized spacial score (nSPS) is 14.8. The standard InChI is InChI=1S/C13H14FN3S/c1-17(8-9-2-6-11(14)7-3-9)13-15-12(16-18-13)10-4-5-10/h2-3,6-7,10H,4-5,8H2,1H3. The van der Waals surface area contributed by atoms with E-state index >= 15 is 0 Å². The number of anilines is 1. The molecule has 3 nitrogen and oxygen atoms in total. The average molecular weight is 263 g/mol. The molecule has 0 radical (unpaired) electrons. The van der Waals surface area contributed by atoms with Gasteiger partial charge in [-0.15, -0.1) is 0 Å². The van der Waals surface area contributed by atoms with Gasteiger partial charge in [-0.25, -0.2) is 9.37 Å². The van der Waals surface area contributed by atoms with Gasteiger partial charge in [0.05, 0.1) is 0 Å². The maximum atomic E-state index is 12.8. The van der Waals surface area contributed by atoms with E-state index < -0.39 is 0 Å². The maximum Gasteiger partial charge on any atom is 0.205 e. The van der Waals surface area contributed by atoms with E-state index in [1.54, 1.807) is 12.1 Å². The zero-order valence-electron chi connectivity index (χ0n) is 10.1. The van der Waals surface area contributed by atoms with E-state index in [4.69, 9.17) is 0 Å². The Kier molecular flexibility index (Phi) is 2.99. The van der Waals surface area contributed by atoms with Crippen molar-refractivity contribution in [2.75, 3.05) is 11.9 Å². The summed E-state index contributed by atoms with van der Waals surface area (Å²) in [6, 6.07) is 6.57. The molecule has 1 aromatic carbocycles. The van der Waals surface area contributed by atoms with Crippen LogP contribution in [0.4, 0.5) is 9.52 Å². The Morgan fingerprint density at radius 2 is 2.06 bits per heavy atom. The molecule has 0 bridgehead atoms. The average Bonchev–Trinajstić information content (AvgIpc) is 3.10. The van der Waals surface area contributed by atoms with Crippen LogP contribution in [0.2, 0.25) is 0 Å². The van der Waals surface area contributed by atoms with E-state index in [9.17, 15) is 4.39 Å². The molecule has 0 N–H and O–H groups in total. The summed E-state index contributed by atoms with van der Waals surface area (Å²) in [6.45, 7) is 0.722. The van der Waals surface area contributed by atoms with Crippen LogP contribution in [0.3, 0.4) is 0 Å². The van der Waals surface area contributed by atoms with Gasteiger partial charge < -0.3 is 4.90 Å². The first-order valence-corrected chi connectivity index (χ1v) is 6.79. The van der Waals surface area contributed by atoms with Gasteiger partial charge in [0, 0.05) is 31.0 Å². The second kappa shape index (κ2) is 4.65. The third-order valence-electron chi connectivity index (χ3n) is 3.03. The Balaban J connectivity index is 1.69. The fourth-order valence-corrected chi connectivity index (χ4v) is 2.52. The molecule has 0 unspecified atom stereocenters. The second-order valence-electron chi connectivity index (χ2n) is 4.69. The maximum absolute atomic E-state index is 12.8. The number of benzene rings is 1. The zero-order valence-corrected chi connectivity index (χ0v) is 11.0. The first kappa shape index (κ1) is 11.6. The van der Waals surface area contributed by atoms with Gasteiger partial charge in [0.25, 0.3) is 0 Å². The lowest BCUT2D eigenvalue weighted by Crippen LogP contribution is -2.16. The van der Waals surface area contributed by atoms with E-state index in [1.807, 2.05) is 7.05 Å². The van der Waals surface area contributed by atoms with E-state index in [-0.39, 0.29) is 5.82 Å². The van der Waals surface area contributed by atoms with E-state index in [0.717, 1.165) is 23.1 Å². The van der Waals surface area contributed by atoms with Gasteiger partial charge in [-0.1, -0.05) is 12.1 Å². The highest BCUT2D eigenvalue weighted by Crippen LogP contribution is 2.39. The molecular formula is C13H14FN3S. The minimum absolute atomic E-state index is 0.201. The van der Waals surface area contributed by atoms with Gasteiger partial charge in [-0.05, 0) is 30.5 Å². The van der Waals surface area contributed by atoms with Crippen molar-refractivity contribution in [1.82, 2.24) is 9.36 Å². The van der Waals surface area contributed by atoms with E-state index in [2.05, 4.69) is 14.3 Å². The molecule has 0 saturated heterocycles. The third-order valence-corrected chi connectivity index (χ3v) is 3.88. The third kappa shape index (κ3) is 2.51. The SMILES string of the molecule is CN(Cc1ccc(F)cc1)c1nc(C2CC2)ns1. The first-order valence-electron chi connectivity index (χ1n) is 6.01. The molecule has 18 heavy (non-hydrogen) atoms. The highest BCUT2D eigenvalue weighted by molar-refractivity contribution is 7.09. The van der Waals surface area contributed by atoms with Crippen molar-refractivity contribution in [3.05, 3.63) is 41.5 Å². The summed E-state index contributed by atoms with van der Waals surface area (Å²) in [5.41, 5.74) is 1.07. The smallest absolute Gasteiger partial charge is 0.205 e. The summed E-state index contributed by atoms with van der Waals surface area (Å²) < 4.78 is 17.2. The fraction of sp³-hybridized carbons (Fsp3) is 0.385. The van der Waals surface area contributed by atoms with Crippen molar-refractivity contribution >= 4 is 16.7 Å². The molecule has 0 atom stereocenters. The van der Waals surface area contributed by atoms with Crippen LogP contribution in [-0.2, 0) is 6.54 Å². The quantitative estimate of drug-likeness (QED) is 0.848. The van der Waals surface area contributed by atoms with Gasteiger partial charge in [-0.2, -0.15) is 4.37 Å². The van der Waals surface area contributed by atoms with Crippen LogP contribution in [-0.4, -0.2) is 16.4 Å². The first-order chi connectivity index (χ1) is 8.72. The highest BCUT2D eigenvalue weighted by atomic mass is 32.1. The molecule has 2 aromatic rings. The van der Waals surface area contributed by atoms with Crippen LogP contribution < -0.4 is 4.90 Å². The number of nitrogens with zero attached hydrogens (tertiary/aromatic N) is 3. The molecule has 0 amide bonds. The lowest BCUT2D eigenvalue weighted by Gasteiger charge is -2.14. The van der Waals surface area contributed by atoms with Crippen LogP contribution in [0.1, 0.15) is 30.1 Å². The summed E-state index contributed by atoms with van der Waals surface area (Å²) in [5, 5.41) is 0.932. The van der Waals surface area contributed by atoms with Crippen LogP contribution in [0.25, 0.3) is 0 Å². The lowest BCUT2D eigenvalue weighted by molar-refractivity contribution is 0.627. The molecule has 0 spiro atoms. The van der Waals surface area contributed by atoms with Crippen molar-refractivity contribution in [3.8, 4) is 0 Å². The van der Waals surface area contributed by atoms with Gasteiger partial charge in [0.2, 0.25) is 5.13 Å². The van der Waals surface area contributed by atoms with Crippen LogP contribution in [0, 0.1) is 5.82 Å². The lowest BCUT2D eigenvalue weighted by atomic mass is 10.2. The Morgan fingerprint density at radius 3 is 2.72 bits per heavy atom. The van der Waals surface area contributed by atoms with Crippen molar-refractivity contribution in [2.24, 2.45) is 0 Å². The molecule has 1 saturated carbocycles.